The van der Waals surface area contributed by atoms with Crippen molar-refractivity contribution in [3.05, 3.63) is 12.3 Å². The quantitative estimate of drug-likeness (QED) is 0.302. The minimum atomic E-state index is -0.268. The summed E-state index contributed by atoms with van der Waals surface area (Å²) in [7, 11) is 0. The van der Waals surface area contributed by atoms with E-state index in [0.29, 0.717) is 0 Å². The highest BCUT2D eigenvalue weighted by atomic mass is 16.1. The lowest BCUT2D eigenvalue weighted by Crippen LogP contribution is -2.26. The van der Waals surface area contributed by atoms with Crippen molar-refractivity contribution in [2.24, 2.45) is 5.73 Å². The molecule has 0 aromatic rings. The molecule has 0 heterocycles. The molecule has 0 saturated carbocycles. The third-order valence-corrected chi connectivity index (χ3v) is 0.848. The molecule has 0 unspecified atom stereocenters. The molecule has 0 saturated heterocycles. The second-order valence-corrected chi connectivity index (χ2v) is 1.71. The zero-order valence-electron chi connectivity index (χ0n) is 5.55. The third kappa shape index (κ3) is 3.64. The van der Waals surface area contributed by atoms with Gasteiger partial charge in [-0.05, 0) is 0 Å². The molecule has 54 valence electrons. The summed E-state index contributed by atoms with van der Waals surface area (Å²) in [4.78, 5) is 10.6. The third-order valence-electron chi connectivity index (χ3n) is 0.848. The Kier molecular flexibility index (Phi) is 3.92. The molecule has 0 fully saturated rings. The Morgan fingerprint density at radius 1 is 1.80 bits per heavy atom. The second-order valence-electron chi connectivity index (χ2n) is 1.71. The van der Waals surface area contributed by atoms with Gasteiger partial charge in [-0.3, -0.25) is 10.1 Å². The van der Waals surface area contributed by atoms with Crippen LogP contribution in [0.5, 0.6) is 0 Å². The molecular formula is C6H9N3O. The smallest absolute Gasteiger partial charge is 0.191 e. The Labute approximate surface area is 59.3 Å². The van der Waals surface area contributed by atoms with Crippen molar-refractivity contribution >= 4 is 5.78 Å². The van der Waals surface area contributed by atoms with Gasteiger partial charge in [0.25, 0.3) is 0 Å². The highest BCUT2D eigenvalue weighted by molar-refractivity contribution is 5.95. The van der Waals surface area contributed by atoms with E-state index >= 15 is 0 Å². The number of Topliss-reactive ketones (excluding diaryl/α,β-unsaturated/α-hetero) is 1. The van der Waals surface area contributed by atoms with Crippen LogP contribution in [0, 0.1) is 11.3 Å². The van der Waals surface area contributed by atoms with Crippen LogP contribution in [0.3, 0.4) is 0 Å². The summed E-state index contributed by atoms with van der Waals surface area (Å²) >= 11 is 0. The number of nitriles is 1. The maximum Gasteiger partial charge on any atom is 0.191 e. The van der Waals surface area contributed by atoms with Gasteiger partial charge in [-0.15, -0.1) is 0 Å². The van der Waals surface area contributed by atoms with E-state index in [1.54, 1.807) is 0 Å². The predicted octanol–water partition coefficient (Wildman–Crippen LogP) is -0.859. The molecule has 0 atom stereocenters. The number of carbonyl (C=O) groups is 1. The maximum atomic E-state index is 10.6. The van der Waals surface area contributed by atoms with Gasteiger partial charge in [0.1, 0.15) is 0 Å². The molecule has 0 spiro atoms. The summed E-state index contributed by atoms with van der Waals surface area (Å²) in [6.45, 7) is 3.48. The lowest BCUT2D eigenvalue weighted by atomic mass is 10.3. The number of nitrogens with one attached hydrogen (secondary N) is 1. The van der Waals surface area contributed by atoms with Gasteiger partial charge >= 0.3 is 0 Å². The first-order chi connectivity index (χ1) is 4.68. The van der Waals surface area contributed by atoms with Gasteiger partial charge in [0.05, 0.1) is 24.9 Å². The van der Waals surface area contributed by atoms with Gasteiger partial charge in [-0.2, -0.15) is 5.26 Å². The summed E-state index contributed by atoms with van der Waals surface area (Å²) < 4.78 is 0. The van der Waals surface area contributed by atoms with E-state index in [1.807, 2.05) is 6.07 Å². The van der Waals surface area contributed by atoms with E-state index in [2.05, 4.69) is 11.9 Å². The molecule has 0 bridgehead atoms. The van der Waals surface area contributed by atoms with Crippen LogP contribution in [0.15, 0.2) is 12.3 Å². The van der Waals surface area contributed by atoms with Crippen LogP contribution < -0.4 is 11.1 Å². The average molecular weight is 139 g/mol. The van der Waals surface area contributed by atoms with Gasteiger partial charge in [-0.25, -0.2) is 0 Å². The van der Waals surface area contributed by atoms with Crippen LogP contribution >= 0.6 is 0 Å². The summed E-state index contributed by atoms with van der Waals surface area (Å²) in [6.07, 6.45) is 0. The van der Waals surface area contributed by atoms with Gasteiger partial charge in [0.15, 0.2) is 5.78 Å². The van der Waals surface area contributed by atoms with Crippen molar-refractivity contribution in [1.29, 1.82) is 5.26 Å². The van der Waals surface area contributed by atoms with Gasteiger partial charge in [0, 0.05) is 0 Å². The molecule has 4 heteroatoms. The van der Waals surface area contributed by atoms with Crippen LogP contribution in [0.2, 0.25) is 0 Å². The minimum absolute atomic E-state index is 0.0189. The number of nitrogens with zero attached hydrogens (tertiary/aromatic N) is 1. The Balaban J connectivity index is 3.43. The molecule has 0 aliphatic heterocycles. The maximum absolute atomic E-state index is 10.6. The largest absolute Gasteiger partial charge is 0.396 e. The molecule has 0 aromatic carbocycles. The predicted molar refractivity (Wildman–Crippen MR) is 36.8 cm³/mol. The first-order valence-electron chi connectivity index (χ1n) is 2.73. The Morgan fingerprint density at radius 2 is 2.40 bits per heavy atom. The van der Waals surface area contributed by atoms with Crippen molar-refractivity contribution < 1.29 is 4.79 Å². The first kappa shape index (κ1) is 8.66. The van der Waals surface area contributed by atoms with Crippen LogP contribution in [0.4, 0.5) is 0 Å². The molecule has 0 aliphatic rings. The monoisotopic (exact) mass is 139 g/mol. The van der Waals surface area contributed by atoms with E-state index in [9.17, 15) is 4.79 Å². The minimum Gasteiger partial charge on any atom is -0.396 e. The van der Waals surface area contributed by atoms with E-state index in [4.69, 9.17) is 11.0 Å². The summed E-state index contributed by atoms with van der Waals surface area (Å²) in [5.74, 6) is -0.268. The molecule has 3 N–H and O–H groups in total. The fourth-order valence-electron chi connectivity index (χ4n) is 0.345. The Bertz CT molecular complexity index is 180. The molecule has 0 aliphatic carbocycles. The Hall–Kier alpha value is -1.34. The zero-order valence-corrected chi connectivity index (χ0v) is 5.55. The lowest BCUT2D eigenvalue weighted by molar-refractivity contribution is -0.114. The normalized spacial score (nSPS) is 8.30. The van der Waals surface area contributed by atoms with Crippen molar-refractivity contribution in [3.63, 3.8) is 0 Å². The van der Waals surface area contributed by atoms with Crippen LogP contribution in [-0.2, 0) is 4.79 Å². The highest BCUT2D eigenvalue weighted by Crippen LogP contribution is 1.77. The first-order valence-corrected chi connectivity index (χ1v) is 2.73. The molecule has 0 radical (unpaired) electrons. The van der Waals surface area contributed by atoms with E-state index in [1.165, 1.54) is 0 Å². The summed E-state index contributed by atoms with van der Waals surface area (Å²) in [6, 6.07) is 1.83. The van der Waals surface area contributed by atoms with E-state index in [0.717, 1.165) is 0 Å². The number of rotatable bonds is 4. The molecule has 0 rings (SSSR count). The molecule has 10 heavy (non-hydrogen) atoms. The second kappa shape index (κ2) is 4.53. The fourth-order valence-corrected chi connectivity index (χ4v) is 0.345. The lowest BCUT2D eigenvalue weighted by Gasteiger charge is -1.96. The van der Waals surface area contributed by atoms with Crippen LogP contribution in [0.25, 0.3) is 0 Å². The molecular weight excluding hydrogens is 130 g/mol. The summed E-state index contributed by atoms with van der Waals surface area (Å²) in [5, 5.41) is 10.6. The average Bonchev–Trinajstić information content (AvgIpc) is 1.88. The zero-order chi connectivity index (χ0) is 7.98. The SMILES string of the molecule is C=C(N)C(=O)CNCC#N. The van der Waals surface area contributed by atoms with E-state index in [-0.39, 0.29) is 24.6 Å². The van der Waals surface area contributed by atoms with Crippen molar-refractivity contribution in [2.45, 2.75) is 0 Å². The van der Waals surface area contributed by atoms with Gasteiger partial charge in [0.2, 0.25) is 0 Å². The van der Waals surface area contributed by atoms with Crippen LogP contribution in [0.1, 0.15) is 0 Å². The molecule has 0 aromatic heterocycles. The fraction of sp³-hybridized carbons (Fsp3) is 0.333. The van der Waals surface area contributed by atoms with Crippen molar-refractivity contribution in [1.82, 2.24) is 5.32 Å². The van der Waals surface area contributed by atoms with Gasteiger partial charge < -0.3 is 5.73 Å². The van der Waals surface area contributed by atoms with Crippen LogP contribution in [-0.4, -0.2) is 18.9 Å². The van der Waals surface area contributed by atoms with E-state index < -0.39 is 0 Å². The molecule has 0 amide bonds. The number of hydrogen-bond donors (Lipinski definition) is 2. The Morgan fingerprint density at radius 3 is 2.80 bits per heavy atom. The number of ketones is 1. The number of carbonyl (C=O) groups excluding carboxylic acids is 1. The summed E-state index contributed by atoms with van der Waals surface area (Å²) in [5.41, 5.74) is 5.07. The van der Waals surface area contributed by atoms with Gasteiger partial charge in [-0.1, -0.05) is 6.58 Å². The highest BCUT2D eigenvalue weighted by Gasteiger charge is 1.99. The van der Waals surface area contributed by atoms with Crippen molar-refractivity contribution in [2.75, 3.05) is 13.1 Å². The number of nitrogens with two attached hydrogens (primary N) is 1. The molecule has 4 nitrogen and oxygen atoms in total. The van der Waals surface area contributed by atoms with Crippen molar-refractivity contribution in [3.8, 4) is 6.07 Å². The number of hydrogen-bond acceptors (Lipinski definition) is 4. The standard InChI is InChI=1S/C6H9N3O/c1-5(8)6(10)4-9-3-2-7/h9H,1,3-4,8H2. The topological polar surface area (TPSA) is 78.9 Å².